The van der Waals surface area contributed by atoms with Crippen LogP contribution in [-0.2, 0) is 11.2 Å². The van der Waals surface area contributed by atoms with Gasteiger partial charge < -0.3 is 16.0 Å². The lowest BCUT2D eigenvalue weighted by Crippen LogP contribution is -2.18. The number of hydrogen-bond acceptors (Lipinski definition) is 6. The molecule has 3 rings (SSSR count). The number of anilines is 2. The van der Waals surface area contributed by atoms with Gasteiger partial charge in [-0.2, -0.15) is 5.10 Å². The zero-order valence-corrected chi connectivity index (χ0v) is 18.9. The first-order valence-corrected chi connectivity index (χ1v) is 10.2. The molecule has 2 aromatic heterocycles. The molecular formula is C24H32N6O3. The third-order valence-electron chi connectivity index (χ3n) is 4.97. The molecule has 0 saturated carbocycles. The van der Waals surface area contributed by atoms with Crippen molar-refractivity contribution < 1.29 is 23.7 Å². The zero-order chi connectivity index (χ0) is 30.4. The second kappa shape index (κ2) is 9.09. The molecular weight excluding hydrogens is 420 g/mol. The minimum absolute atomic E-state index is 0.0102. The van der Waals surface area contributed by atoms with Gasteiger partial charge in [0.1, 0.15) is 17.1 Å². The molecule has 1 atom stereocenters. The fourth-order valence-electron chi connectivity index (χ4n) is 3.35. The number of nitrogens with two attached hydrogens (primary N) is 2. The van der Waals surface area contributed by atoms with Crippen LogP contribution in [0.15, 0.2) is 34.9 Å². The van der Waals surface area contributed by atoms with Gasteiger partial charge in [0.25, 0.3) is 5.91 Å². The summed E-state index contributed by atoms with van der Waals surface area (Å²) in [5.41, 5.74) is 12.3. The average Bonchev–Trinajstić information content (AvgIpc) is 3.38. The van der Waals surface area contributed by atoms with E-state index in [1.54, 1.807) is 25.1 Å². The lowest BCUT2D eigenvalue weighted by Gasteiger charge is -2.15. The normalized spacial score (nSPS) is 16.9. The van der Waals surface area contributed by atoms with E-state index in [0.717, 1.165) is 0 Å². The Kier molecular flexibility index (Phi) is 4.42. The van der Waals surface area contributed by atoms with Crippen LogP contribution in [0, 0.1) is 5.41 Å². The molecule has 9 nitrogen and oxygen atoms in total. The molecule has 0 fully saturated rings. The Hall–Kier alpha value is -3.62. The van der Waals surface area contributed by atoms with E-state index >= 15 is 0 Å². The molecule has 0 bridgehead atoms. The van der Waals surface area contributed by atoms with Gasteiger partial charge in [-0.1, -0.05) is 50.2 Å². The van der Waals surface area contributed by atoms with Crippen molar-refractivity contribution in [2.24, 2.45) is 11.1 Å². The van der Waals surface area contributed by atoms with Crippen molar-refractivity contribution in [3.63, 3.8) is 0 Å². The van der Waals surface area contributed by atoms with E-state index in [4.69, 9.17) is 25.6 Å². The van der Waals surface area contributed by atoms with E-state index in [0.29, 0.717) is 22.4 Å². The highest BCUT2D eigenvalue weighted by Gasteiger charge is 2.24. The van der Waals surface area contributed by atoms with Gasteiger partial charge in [0.15, 0.2) is 0 Å². The van der Waals surface area contributed by atoms with E-state index in [9.17, 15) is 9.59 Å². The van der Waals surface area contributed by atoms with Crippen LogP contribution in [0.2, 0.25) is 0 Å². The number of hydrogen-bond donors (Lipinski definition) is 3. The maximum atomic E-state index is 12.8. The number of nitrogen functional groups attached to an aromatic ring is 1. The first-order valence-electron chi connectivity index (χ1n) is 13.7. The molecule has 176 valence electrons. The van der Waals surface area contributed by atoms with Crippen molar-refractivity contribution in [2.45, 2.75) is 59.8 Å². The second-order valence-electron chi connectivity index (χ2n) is 8.99. The van der Waals surface area contributed by atoms with Crippen LogP contribution in [0.4, 0.5) is 11.7 Å². The van der Waals surface area contributed by atoms with Gasteiger partial charge in [0.2, 0.25) is 11.8 Å². The third kappa shape index (κ3) is 5.42. The summed E-state index contributed by atoms with van der Waals surface area (Å²) < 4.78 is 60.2. The molecule has 1 unspecified atom stereocenters. The number of nitrogens with zero attached hydrogens (tertiary/aromatic N) is 3. The minimum atomic E-state index is -3.39. The molecule has 2 amide bonds. The van der Waals surface area contributed by atoms with Crippen LogP contribution < -0.4 is 16.8 Å². The first kappa shape index (κ1) is 16.1. The lowest BCUT2D eigenvalue weighted by atomic mass is 9.91. The summed E-state index contributed by atoms with van der Waals surface area (Å²) in [6.45, 7) is 1.05. The van der Waals surface area contributed by atoms with Crippen LogP contribution in [-0.4, -0.2) is 26.8 Å². The van der Waals surface area contributed by atoms with Crippen molar-refractivity contribution >= 4 is 23.5 Å². The van der Waals surface area contributed by atoms with Gasteiger partial charge in [-0.05, 0) is 38.0 Å². The van der Waals surface area contributed by atoms with Gasteiger partial charge in [0.05, 0.1) is 13.0 Å². The molecule has 2 heterocycles. The zero-order valence-electron chi connectivity index (χ0n) is 25.9. The maximum absolute atomic E-state index is 12.8. The van der Waals surface area contributed by atoms with Crippen molar-refractivity contribution in [1.82, 2.24) is 14.9 Å². The maximum Gasteiger partial charge on any atom is 0.254 e. The number of amides is 2. The van der Waals surface area contributed by atoms with Crippen molar-refractivity contribution in [3.05, 3.63) is 47.2 Å². The molecule has 0 radical (unpaired) electrons. The topological polar surface area (TPSA) is 142 Å². The van der Waals surface area contributed by atoms with E-state index in [1.807, 2.05) is 0 Å². The molecule has 1 aromatic carbocycles. The summed E-state index contributed by atoms with van der Waals surface area (Å²) in [5.74, 6) is -2.56. The van der Waals surface area contributed by atoms with E-state index in [-0.39, 0.29) is 28.5 Å². The summed E-state index contributed by atoms with van der Waals surface area (Å²) >= 11 is 0. The molecule has 9 heteroatoms. The average molecular weight is 460 g/mol. The molecule has 33 heavy (non-hydrogen) atoms. The Bertz CT molecular complexity index is 1390. The van der Waals surface area contributed by atoms with Gasteiger partial charge in [-0.3, -0.25) is 14.9 Å². The standard InChI is InChI=1S/C24H32N6O3/c1-13(2)30-21(25)19(22(26)31)20(28-30)16-9-7-15(8-10-16)14(3)23(32)27-18-11-17(29-33-18)12-24(4,5)6/h7-11,13-14H,12,25H2,1-6H3,(H2,26,31)(H,27,32)/i1D3,2D3,13D. The number of carbonyl (C=O) groups excluding carboxylic acids is 2. The molecule has 0 aliphatic rings. The predicted octanol–water partition coefficient (Wildman–Crippen LogP) is 4.13. The SMILES string of the molecule is [2H]C([2H])([2H])C([2H])(n1nc(-c2ccc(C(C)C(=O)Nc3cc(CC(C)(C)C)no3)cc2)c(C(N)=O)c1N)C([2H])([2H])[2H]. The highest BCUT2D eigenvalue weighted by molar-refractivity contribution is 6.03. The Morgan fingerprint density at radius 2 is 1.94 bits per heavy atom. The van der Waals surface area contributed by atoms with Crippen LogP contribution in [0.3, 0.4) is 0 Å². The fourth-order valence-corrected chi connectivity index (χ4v) is 3.35. The first-order chi connectivity index (χ1) is 18.2. The van der Waals surface area contributed by atoms with Crippen molar-refractivity contribution in [1.29, 1.82) is 0 Å². The number of primary amides is 1. The Labute approximate surface area is 203 Å². The quantitative estimate of drug-likeness (QED) is 0.485. The summed E-state index contributed by atoms with van der Waals surface area (Å²) in [4.78, 5) is 25.1. The van der Waals surface area contributed by atoms with Gasteiger partial charge in [-0.25, -0.2) is 4.68 Å². The number of rotatable bonds is 7. The summed E-state index contributed by atoms with van der Waals surface area (Å²) in [7, 11) is 0. The number of carbonyl (C=O) groups is 2. The number of benzene rings is 1. The van der Waals surface area contributed by atoms with Crippen LogP contribution in [0.25, 0.3) is 11.3 Å². The summed E-state index contributed by atoms with van der Waals surface area (Å²) in [6.07, 6.45) is 0.664. The molecule has 0 aliphatic heterocycles. The molecule has 5 N–H and O–H groups in total. The fraction of sp³-hybridized carbons (Fsp3) is 0.417. The number of aromatic nitrogens is 3. The monoisotopic (exact) mass is 459 g/mol. The van der Waals surface area contributed by atoms with E-state index in [1.165, 1.54) is 12.1 Å². The summed E-state index contributed by atoms with van der Waals surface area (Å²) in [5, 5.41) is 10.6. The van der Waals surface area contributed by atoms with Crippen LogP contribution in [0.5, 0.6) is 0 Å². The molecule has 0 saturated heterocycles. The van der Waals surface area contributed by atoms with Crippen molar-refractivity contribution in [2.75, 3.05) is 11.1 Å². The predicted molar refractivity (Wildman–Crippen MR) is 128 cm³/mol. The number of nitrogens with one attached hydrogen (secondary N) is 1. The van der Waals surface area contributed by atoms with Crippen LogP contribution >= 0.6 is 0 Å². The smallest absolute Gasteiger partial charge is 0.254 e. The Morgan fingerprint density at radius 3 is 2.52 bits per heavy atom. The van der Waals surface area contributed by atoms with Crippen LogP contribution in [0.1, 0.15) is 84.5 Å². The second-order valence-corrected chi connectivity index (χ2v) is 8.99. The Balaban J connectivity index is 1.92. The highest BCUT2D eigenvalue weighted by Crippen LogP contribution is 2.30. The minimum Gasteiger partial charge on any atom is -0.383 e. The molecule has 0 spiro atoms. The largest absolute Gasteiger partial charge is 0.383 e. The third-order valence-corrected chi connectivity index (χ3v) is 4.97. The van der Waals surface area contributed by atoms with Crippen molar-refractivity contribution in [3.8, 4) is 11.3 Å². The van der Waals surface area contributed by atoms with E-state index < -0.39 is 42.9 Å². The van der Waals surface area contributed by atoms with Gasteiger partial charge in [-0.15, -0.1) is 0 Å². The summed E-state index contributed by atoms with van der Waals surface area (Å²) in [6, 6.07) is 4.50. The lowest BCUT2D eigenvalue weighted by molar-refractivity contribution is -0.117. The molecule has 3 aromatic rings. The van der Waals surface area contributed by atoms with Gasteiger partial charge in [0, 0.05) is 25.9 Å². The van der Waals surface area contributed by atoms with E-state index in [2.05, 4.69) is 36.3 Å². The van der Waals surface area contributed by atoms with Gasteiger partial charge >= 0.3 is 0 Å². The molecule has 0 aliphatic carbocycles. The highest BCUT2D eigenvalue weighted by atomic mass is 16.5. The Morgan fingerprint density at radius 1 is 1.27 bits per heavy atom.